The Bertz CT molecular complexity index is 1650. The summed E-state index contributed by atoms with van der Waals surface area (Å²) >= 11 is 0. The Morgan fingerprint density at radius 2 is 1.51 bits per heavy atom. The zero-order valence-electron chi connectivity index (χ0n) is 33.2. The molecule has 0 amide bonds. The van der Waals surface area contributed by atoms with E-state index in [1.165, 1.54) is 101 Å². The number of aliphatic hydroxyl groups is 2. The molecule has 0 spiro atoms. The Balaban J connectivity index is 1.01. The molecule has 1 aromatic carbocycles. The first-order valence-corrected chi connectivity index (χ1v) is 22.0. The average Bonchev–Trinajstić information content (AvgIpc) is 3.41. The van der Waals surface area contributed by atoms with Gasteiger partial charge < -0.3 is 35.1 Å². The van der Waals surface area contributed by atoms with Crippen LogP contribution in [0, 0.1) is 0 Å². The van der Waals surface area contributed by atoms with Gasteiger partial charge >= 0.3 is 7.82 Å². The highest BCUT2D eigenvalue weighted by Crippen LogP contribution is 2.63. The molecule has 2 aromatic heterocycles. The highest BCUT2D eigenvalue weighted by Gasteiger charge is 2.82. The maximum atomic E-state index is 13.2. The summed E-state index contributed by atoms with van der Waals surface area (Å²) in [6, 6.07) is 13.0. The number of rotatable bonds is 28. The number of nitrogen functional groups attached to an aromatic ring is 1. The minimum atomic E-state index is -4.76. The fraction of sp³-hybridized carbons (Fsp3) is 0.707. The summed E-state index contributed by atoms with van der Waals surface area (Å²) in [7, 11) is -4.76. The second kappa shape index (κ2) is 20.3. The lowest BCUT2D eigenvalue weighted by atomic mass is 9.91. The van der Waals surface area contributed by atoms with Crippen LogP contribution in [0.1, 0.15) is 135 Å². The Kier molecular flexibility index (Phi) is 16.1. The van der Waals surface area contributed by atoms with E-state index in [9.17, 15) is 19.7 Å². The van der Waals surface area contributed by atoms with E-state index < -0.39 is 42.9 Å². The van der Waals surface area contributed by atoms with Crippen LogP contribution in [0.4, 0.5) is 5.82 Å². The highest BCUT2D eigenvalue weighted by molar-refractivity contribution is 7.47. The number of benzene rings is 1. The van der Waals surface area contributed by atoms with Crippen LogP contribution in [0.2, 0.25) is 0 Å². The van der Waals surface area contributed by atoms with Crippen LogP contribution < -0.4 is 5.73 Å². The number of ether oxygens (including phenoxy) is 3. The Hall–Kier alpha value is -2.45. The first kappa shape index (κ1) is 43.7. The molecule has 0 radical (unpaired) electrons. The van der Waals surface area contributed by atoms with Crippen molar-refractivity contribution in [3.05, 3.63) is 60.0 Å². The number of aromatic nitrogens is 3. The van der Waals surface area contributed by atoms with Crippen LogP contribution in [-0.2, 0) is 40.0 Å². The summed E-state index contributed by atoms with van der Waals surface area (Å²) in [4.78, 5) is 14.8. The van der Waals surface area contributed by atoms with Gasteiger partial charge in [-0.1, -0.05) is 134 Å². The van der Waals surface area contributed by atoms with E-state index in [1.807, 2.05) is 30.3 Å². The molecule has 5 N–H and O–H groups in total. The summed E-state index contributed by atoms with van der Waals surface area (Å²) < 4.78 is 43.9. The Morgan fingerprint density at radius 3 is 2.09 bits per heavy atom. The third-order valence-corrected chi connectivity index (χ3v) is 12.1. The zero-order valence-corrected chi connectivity index (χ0v) is 34.0. The first-order valence-electron chi connectivity index (χ1n) is 20.5. The number of hydrogen-bond donors (Lipinski definition) is 4. The van der Waals surface area contributed by atoms with Crippen LogP contribution in [-0.4, -0.2) is 79.0 Å². The minimum absolute atomic E-state index is 0.133. The van der Waals surface area contributed by atoms with Crippen molar-refractivity contribution < 1.29 is 42.9 Å². The van der Waals surface area contributed by atoms with Crippen molar-refractivity contribution >= 4 is 19.2 Å². The molecule has 7 atom stereocenters. The van der Waals surface area contributed by atoms with Crippen molar-refractivity contribution in [3.63, 3.8) is 0 Å². The third-order valence-electron chi connectivity index (χ3n) is 11.2. The second-order valence-electron chi connectivity index (χ2n) is 15.9. The van der Waals surface area contributed by atoms with Crippen LogP contribution in [0.3, 0.4) is 0 Å². The Labute approximate surface area is 326 Å². The van der Waals surface area contributed by atoms with Crippen LogP contribution in [0.15, 0.2) is 48.8 Å². The lowest BCUT2D eigenvalue weighted by Crippen LogP contribution is -2.46. The van der Waals surface area contributed by atoms with Gasteiger partial charge in [-0.3, -0.25) is 9.05 Å². The summed E-state index contributed by atoms with van der Waals surface area (Å²) in [6.07, 6.45) is 18.1. The van der Waals surface area contributed by atoms with E-state index in [-0.39, 0.29) is 25.6 Å². The minimum Gasteiger partial charge on any atom is -0.386 e. The van der Waals surface area contributed by atoms with Crippen molar-refractivity contribution in [2.24, 2.45) is 0 Å². The van der Waals surface area contributed by atoms with Gasteiger partial charge in [-0.2, -0.15) is 5.10 Å². The number of nitrogens with zero attached hydrogens (tertiary/aromatic N) is 3. The summed E-state index contributed by atoms with van der Waals surface area (Å²) in [5.74, 6) is 0.242. The largest absolute Gasteiger partial charge is 0.472 e. The molecule has 2 unspecified atom stereocenters. The van der Waals surface area contributed by atoms with E-state index in [0.717, 1.165) is 18.4 Å². The molecule has 2 fully saturated rings. The molecule has 1 saturated carbocycles. The third kappa shape index (κ3) is 11.6. The molecular formula is C41H65N4O9P. The number of phosphoric acid groups is 1. The van der Waals surface area contributed by atoms with Crippen molar-refractivity contribution in [3.8, 4) is 0 Å². The lowest BCUT2D eigenvalue weighted by molar-refractivity contribution is -0.132. The van der Waals surface area contributed by atoms with Gasteiger partial charge in [0.05, 0.1) is 25.5 Å². The van der Waals surface area contributed by atoms with Gasteiger partial charge in [0.1, 0.15) is 41.4 Å². The van der Waals surface area contributed by atoms with Gasteiger partial charge in [-0.15, -0.1) is 0 Å². The molecule has 1 aliphatic heterocycles. The normalized spacial score (nSPS) is 25.5. The fourth-order valence-corrected chi connectivity index (χ4v) is 8.69. The molecular weight excluding hydrogens is 723 g/mol. The van der Waals surface area contributed by atoms with Crippen molar-refractivity contribution in [2.75, 3.05) is 25.6 Å². The molecule has 3 aromatic rings. The number of phosphoric ester groups is 1. The van der Waals surface area contributed by atoms with Crippen LogP contribution in [0.5, 0.6) is 0 Å². The fourth-order valence-electron chi connectivity index (χ4n) is 7.63. The maximum absolute atomic E-state index is 13.2. The molecule has 5 rings (SSSR count). The SMILES string of the molecule is CCCCCCCCCCCCCCCCCCOC[C@](C)(COP(=O)(O)OC1[C@H]2O[C@@](C)(c3ccc4c(N)ncnn34)[C@H](O)[C@@]12O)OCc1ccccc1. The lowest BCUT2D eigenvalue weighted by Gasteiger charge is -2.33. The smallest absolute Gasteiger partial charge is 0.386 e. The van der Waals surface area contributed by atoms with Crippen molar-refractivity contribution in [1.29, 1.82) is 0 Å². The summed E-state index contributed by atoms with van der Waals surface area (Å²) in [6.45, 7) is 6.23. The predicted molar refractivity (Wildman–Crippen MR) is 211 cm³/mol. The molecule has 1 aliphatic carbocycles. The van der Waals surface area contributed by atoms with Crippen molar-refractivity contribution in [2.45, 2.75) is 165 Å². The summed E-state index contributed by atoms with van der Waals surface area (Å²) in [5.41, 5.74) is 3.38. The molecule has 1 saturated heterocycles. The maximum Gasteiger partial charge on any atom is 0.472 e. The molecule has 14 heteroatoms. The van der Waals surface area contributed by atoms with Gasteiger partial charge in [0, 0.05) is 6.61 Å². The number of unbranched alkanes of at least 4 members (excludes halogenated alkanes) is 15. The molecule has 2 aliphatic rings. The first-order chi connectivity index (χ1) is 26.4. The molecule has 308 valence electrons. The van der Waals surface area contributed by atoms with Gasteiger partial charge in [0.15, 0.2) is 11.4 Å². The number of anilines is 1. The quantitative estimate of drug-likeness (QED) is 0.0415. The van der Waals surface area contributed by atoms with Crippen molar-refractivity contribution in [1.82, 2.24) is 14.6 Å². The van der Waals surface area contributed by atoms with Gasteiger partial charge in [0.2, 0.25) is 0 Å². The van der Waals surface area contributed by atoms with Gasteiger partial charge in [-0.05, 0) is 38.0 Å². The number of hydrogen-bond acceptors (Lipinski definition) is 11. The van der Waals surface area contributed by atoms with E-state index in [2.05, 4.69) is 17.0 Å². The van der Waals surface area contributed by atoms with Gasteiger partial charge in [0.25, 0.3) is 0 Å². The topological polar surface area (TPSA) is 180 Å². The van der Waals surface area contributed by atoms with E-state index in [4.69, 9.17) is 29.0 Å². The zero-order chi connectivity index (χ0) is 39.4. The molecule has 55 heavy (non-hydrogen) atoms. The standard InChI is InChI=1S/C41H65N4O9P/c1-4-5-6-7-8-9-10-11-12-13-14-15-16-17-18-22-27-50-29-39(2,51-28-32-23-20-19-21-24-32)30-52-55(48,49)54-36-35-41(36,47)38(46)40(3,53-35)34-26-25-33-37(42)43-31-44-45(33)34/h19-21,23-26,31,35-36,38,46-47H,4-18,22,27-30H2,1-3H3,(H,48,49)(H2,42,43,44)/t35-,36?,38+,39-,40+,41+/m1/s1. The van der Waals surface area contributed by atoms with Crippen LogP contribution >= 0.6 is 7.82 Å². The van der Waals surface area contributed by atoms with Gasteiger partial charge in [-0.25, -0.2) is 14.1 Å². The molecule has 0 bridgehead atoms. The highest BCUT2D eigenvalue weighted by atomic mass is 31.2. The number of aliphatic hydroxyl groups excluding tert-OH is 1. The average molecular weight is 789 g/mol. The van der Waals surface area contributed by atoms with E-state index in [1.54, 1.807) is 26.0 Å². The monoisotopic (exact) mass is 788 g/mol. The predicted octanol–water partition coefficient (Wildman–Crippen LogP) is 7.79. The molecule has 3 heterocycles. The van der Waals surface area contributed by atoms with Crippen LogP contribution in [0.25, 0.3) is 5.52 Å². The molecule has 13 nitrogen and oxygen atoms in total. The van der Waals surface area contributed by atoms with E-state index in [0.29, 0.717) is 17.8 Å². The number of fused-ring (bicyclic) bond motifs is 2. The Morgan fingerprint density at radius 1 is 0.909 bits per heavy atom. The second-order valence-corrected chi connectivity index (χ2v) is 17.4. The van der Waals surface area contributed by atoms with E-state index >= 15 is 0 Å². The summed E-state index contributed by atoms with van der Waals surface area (Å²) in [5, 5.41) is 26.9. The number of nitrogens with two attached hydrogens (primary N) is 1.